The van der Waals surface area contributed by atoms with Gasteiger partial charge in [0.05, 0.1) is 27.2 Å². The second-order valence-electron chi connectivity index (χ2n) is 6.09. The van der Waals surface area contributed by atoms with Crippen LogP contribution in [-0.2, 0) is 0 Å². The Balaban J connectivity index is 2.31. The van der Waals surface area contributed by atoms with Crippen LogP contribution in [0.1, 0.15) is 46.9 Å². The lowest BCUT2D eigenvalue weighted by Gasteiger charge is -2.29. The molecule has 21 heavy (non-hydrogen) atoms. The third kappa shape index (κ3) is 6.54. The molecule has 0 radical (unpaired) electrons. The summed E-state index contributed by atoms with van der Waals surface area (Å²) in [4.78, 5) is 22.5. The first-order chi connectivity index (χ1) is 9.98. The summed E-state index contributed by atoms with van der Waals surface area (Å²) in [6, 6.07) is 6.68. The van der Waals surface area contributed by atoms with Crippen molar-refractivity contribution in [2.75, 3.05) is 33.7 Å². The van der Waals surface area contributed by atoms with Gasteiger partial charge in [0.1, 0.15) is 6.29 Å². The Morgan fingerprint density at radius 1 is 1.14 bits per heavy atom. The first kappa shape index (κ1) is 17.4. The Labute approximate surface area is 127 Å². The molecule has 0 aromatic heterocycles. The van der Waals surface area contributed by atoms with E-state index in [0.29, 0.717) is 17.7 Å². The van der Waals surface area contributed by atoms with E-state index < -0.39 is 0 Å². The molecule has 0 atom stereocenters. The van der Waals surface area contributed by atoms with Crippen molar-refractivity contribution < 1.29 is 14.1 Å². The number of unbranched alkanes of at least 4 members (excludes halogenated alkanes) is 1. The zero-order valence-electron chi connectivity index (χ0n) is 13.4. The van der Waals surface area contributed by atoms with Crippen LogP contribution in [0.25, 0.3) is 0 Å². The van der Waals surface area contributed by atoms with Gasteiger partial charge in [-0.3, -0.25) is 9.59 Å². The number of nitrogens with one attached hydrogen (secondary N) is 1. The predicted octanol–water partition coefficient (Wildman–Crippen LogP) is 2.50. The molecule has 1 aromatic carbocycles. The van der Waals surface area contributed by atoms with Gasteiger partial charge in [-0.15, -0.1) is 0 Å². The van der Waals surface area contributed by atoms with Crippen molar-refractivity contribution in [2.24, 2.45) is 0 Å². The number of hydrogen-bond donors (Lipinski definition) is 1. The van der Waals surface area contributed by atoms with Crippen LogP contribution < -0.4 is 5.32 Å². The molecule has 1 N–H and O–H groups in total. The van der Waals surface area contributed by atoms with Crippen molar-refractivity contribution in [3.05, 3.63) is 35.4 Å². The maximum Gasteiger partial charge on any atom is 0.251 e. The molecule has 0 unspecified atom stereocenters. The zero-order valence-corrected chi connectivity index (χ0v) is 13.4. The summed E-state index contributed by atoms with van der Waals surface area (Å²) in [5.41, 5.74) is 1.18. The third-order valence-corrected chi connectivity index (χ3v) is 3.65. The SMILES string of the molecule is CCCC[N+](C)(C)CCCNC(=O)c1ccc(C=O)cc1. The number of nitrogens with zero attached hydrogens (tertiary/aromatic N) is 1. The minimum Gasteiger partial charge on any atom is -0.352 e. The summed E-state index contributed by atoms with van der Waals surface area (Å²) in [5, 5.41) is 2.93. The Morgan fingerprint density at radius 3 is 2.33 bits per heavy atom. The molecular weight excluding hydrogens is 264 g/mol. The van der Waals surface area contributed by atoms with Crippen molar-refractivity contribution in [1.29, 1.82) is 0 Å². The lowest BCUT2D eigenvalue weighted by molar-refractivity contribution is -0.890. The summed E-state index contributed by atoms with van der Waals surface area (Å²) < 4.78 is 0.998. The standard InChI is InChI=1S/C17H26N2O2/c1-4-5-12-19(2,3)13-6-11-18-17(21)16-9-7-15(14-20)8-10-16/h7-10,14H,4-6,11-13H2,1-3H3/p+1. The number of hydrogen-bond acceptors (Lipinski definition) is 2. The number of amides is 1. The van der Waals surface area contributed by atoms with E-state index in [1.807, 2.05) is 0 Å². The molecule has 4 heteroatoms. The van der Waals surface area contributed by atoms with E-state index in [4.69, 9.17) is 0 Å². The molecule has 4 nitrogen and oxygen atoms in total. The zero-order chi connectivity index (χ0) is 15.7. The maximum absolute atomic E-state index is 11.9. The highest BCUT2D eigenvalue weighted by atomic mass is 16.1. The first-order valence-corrected chi connectivity index (χ1v) is 7.64. The van der Waals surface area contributed by atoms with E-state index in [-0.39, 0.29) is 5.91 Å². The molecule has 0 aliphatic heterocycles. The molecule has 0 aliphatic carbocycles. The summed E-state index contributed by atoms with van der Waals surface area (Å²) in [6.45, 7) is 5.13. The van der Waals surface area contributed by atoms with E-state index in [1.54, 1.807) is 24.3 Å². The van der Waals surface area contributed by atoms with Gasteiger partial charge in [0, 0.05) is 24.1 Å². The Hall–Kier alpha value is -1.68. The fourth-order valence-corrected chi connectivity index (χ4v) is 2.22. The molecule has 116 valence electrons. The predicted molar refractivity (Wildman–Crippen MR) is 85.5 cm³/mol. The number of carbonyl (C=O) groups is 2. The van der Waals surface area contributed by atoms with Crippen molar-refractivity contribution in [3.8, 4) is 0 Å². The van der Waals surface area contributed by atoms with E-state index in [0.717, 1.165) is 23.7 Å². The fraction of sp³-hybridized carbons (Fsp3) is 0.529. The van der Waals surface area contributed by atoms with Gasteiger partial charge >= 0.3 is 0 Å². The second kappa shape index (κ2) is 8.57. The molecule has 1 rings (SSSR count). The van der Waals surface area contributed by atoms with E-state index in [2.05, 4.69) is 26.3 Å². The highest BCUT2D eigenvalue weighted by Gasteiger charge is 2.13. The van der Waals surface area contributed by atoms with Gasteiger partial charge in [0.2, 0.25) is 0 Å². The van der Waals surface area contributed by atoms with E-state index in [9.17, 15) is 9.59 Å². The summed E-state index contributed by atoms with van der Waals surface area (Å²) >= 11 is 0. The van der Waals surface area contributed by atoms with Crippen molar-refractivity contribution in [2.45, 2.75) is 26.2 Å². The van der Waals surface area contributed by atoms with Gasteiger partial charge in [0.25, 0.3) is 5.91 Å². The van der Waals surface area contributed by atoms with Gasteiger partial charge < -0.3 is 9.80 Å². The molecule has 0 saturated carbocycles. The van der Waals surface area contributed by atoms with Crippen LogP contribution in [0.2, 0.25) is 0 Å². The molecule has 0 aliphatic rings. The van der Waals surface area contributed by atoms with E-state index >= 15 is 0 Å². The average Bonchev–Trinajstić information content (AvgIpc) is 2.49. The minimum atomic E-state index is -0.0775. The Bertz CT molecular complexity index is 452. The highest BCUT2D eigenvalue weighted by Crippen LogP contribution is 2.04. The van der Waals surface area contributed by atoms with E-state index in [1.165, 1.54) is 19.4 Å². The number of rotatable bonds is 9. The molecule has 1 amide bonds. The molecule has 0 spiro atoms. The van der Waals surface area contributed by atoms with Crippen LogP contribution in [-0.4, -0.2) is 50.4 Å². The average molecular weight is 291 g/mol. The summed E-state index contributed by atoms with van der Waals surface area (Å²) in [6.07, 6.45) is 4.20. The smallest absolute Gasteiger partial charge is 0.251 e. The quantitative estimate of drug-likeness (QED) is 0.432. The molecule has 0 bridgehead atoms. The van der Waals surface area contributed by atoms with Crippen LogP contribution in [0.15, 0.2) is 24.3 Å². The maximum atomic E-state index is 11.9. The molecule has 0 saturated heterocycles. The first-order valence-electron chi connectivity index (χ1n) is 7.64. The number of benzene rings is 1. The molecule has 1 aromatic rings. The van der Waals surface area contributed by atoms with Gasteiger partial charge in [0.15, 0.2) is 0 Å². The monoisotopic (exact) mass is 291 g/mol. The van der Waals surface area contributed by atoms with Crippen molar-refractivity contribution in [1.82, 2.24) is 5.32 Å². The minimum absolute atomic E-state index is 0.0775. The summed E-state index contributed by atoms with van der Waals surface area (Å²) in [7, 11) is 4.46. The molecule has 0 fully saturated rings. The second-order valence-corrected chi connectivity index (χ2v) is 6.09. The van der Waals surface area contributed by atoms with Gasteiger partial charge in [-0.25, -0.2) is 0 Å². The normalized spacial score (nSPS) is 11.2. The van der Waals surface area contributed by atoms with Crippen LogP contribution in [0.3, 0.4) is 0 Å². The molecule has 0 heterocycles. The topological polar surface area (TPSA) is 46.2 Å². The number of carbonyl (C=O) groups excluding carboxylic acids is 2. The van der Waals surface area contributed by atoms with Crippen LogP contribution in [0, 0.1) is 0 Å². The fourth-order valence-electron chi connectivity index (χ4n) is 2.22. The van der Waals surface area contributed by atoms with Crippen molar-refractivity contribution >= 4 is 12.2 Å². The number of aldehydes is 1. The van der Waals surface area contributed by atoms with Crippen LogP contribution >= 0.6 is 0 Å². The largest absolute Gasteiger partial charge is 0.352 e. The lowest BCUT2D eigenvalue weighted by Crippen LogP contribution is -2.42. The van der Waals surface area contributed by atoms with Crippen molar-refractivity contribution in [3.63, 3.8) is 0 Å². The lowest BCUT2D eigenvalue weighted by atomic mass is 10.1. The highest BCUT2D eigenvalue weighted by molar-refractivity contribution is 5.94. The summed E-state index contributed by atoms with van der Waals surface area (Å²) in [5.74, 6) is -0.0775. The number of quaternary nitrogens is 1. The third-order valence-electron chi connectivity index (χ3n) is 3.65. The Morgan fingerprint density at radius 2 is 1.76 bits per heavy atom. The Kier molecular flexibility index (Phi) is 7.09. The van der Waals surface area contributed by atoms with Gasteiger partial charge in [-0.1, -0.05) is 25.5 Å². The van der Waals surface area contributed by atoms with Crippen LogP contribution in [0.4, 0.5) is 0 Å². The van der Waals surface area contributed by atoms with Gasteiger partial charge in [-0.2, -0.15) is 0 Å². The van der Waals surface area contributed by atoms with Gasteiger partial charge in [-0.05, 0) is 18.6 Å². The molecular formula is C17H27N2O2+. The van der Waals surface area contributed by atoms with Crippen LogP contribution in [0.5, 0.6) is 0 Å².